The van der Waals surface area contributed by atoms with E-state index in [1.54, 1.807) is 24.3 Å². The van der Waals surface area contributed by atoms with Crippen LogP contribution in [-0.4, -0.2) is 44.3 Å². The molecule has 11 nitrogen and oxygen atoms in total. The number of hydrogen-bond donors (Lipinski definition) is 1. The van der Waals surface area contributed by atoms with Gasteiger partial charge in [0.2, 0.25) is 0 Å². The Balaban J connectivity index is 1.64. The maximum atomic E-state index is 12.3. The van der Waals surface area contributed by atoms with Crippen molar-refractivity contribution in [1.29, 1.82) is 0 Å². The lowest BCUT2D eigenvalue weighted by atomic mass is 10.3. The molecule has 2 heterocycles. The summed E-state index contributed by atoms with van der Waals surface area (Å²) in [6.45, 7) is -0.826. The number of aromatic nitrogens is 4. The van der Waals surface area contributed by atoms with E-state index in [4.69, 9.17) is 9.47 Å². The van der Waals surface area contributed by atoms with Gasteiger partial charge in [0.1, 0.15) is 12.3 Å². The van der Waals surface area contributed by atoms with Gasteiger partial charge in [-0.2, -0.15) is 0 Å². The van der Waals surface area contributed by atoms with E-state index in [-0.39, 0.29) is 17.7 Å². The number of nitrogens with zero attached hydrogens (tertiary/aromatic N) is 4. The summed E-state index contributed by atoms with van der Waals surface area (Å²) in [6, 6.07) is 6.66. The molecular formula is C18H19N5O6. The minimum Gasteiger partial charge on any atom is -0.497 e. The predicted molar refractivity (Wildman–Crippen MR) is 103 cm³/mol. The topological polar surface area (TPSA) is 126 Å². The zero-order chi connectivity index (χ0) is 21.1. The second-order valence-corrected chi connectivity index (χ2v) is 6.19. The number of nitrogens with one attached hydrogen (secondary N) is 1. The first-order valence-corrected chi connectivity index (χ1v) is 8.52. The second kappa shape index (κ2) is 8.00. The number of amides is 1. The number of fused-ring (bicyclic) bond motifs is 1. The lowest BCUT2D eigenvalue weighted by Gasteiger charge is -2.08. The van der Waals surface area contributed by atoms with Gasteiger partial charge in [0.15, 0.2) is 17.8 Å². The van der Waals surface area contributed by atoms with Gasteiger partial charge in [0.25, 0.3) is 11.5 Å². The molecule has 0 bridgehead atoms. The number of imidazole rings is 1. The van der Waals surface area contributed by atoms with Crippen LogP contribution in [0.1, 0.15) is 0 Å². The lowest BCUT2D eigenvalue weighted by Crippen LogP contribution is -2.37. The fraction of sp³-hybridized carbons (Fsp3) is 0.278. The second-order valence-electron chi connectivity index (χ2n) is 6.19. The van der Waals surface area contributed by atoms with Crippen molar-refractivity contribution in [2.45, 2.75) is 6.54 Å². The minimum atomic E-state index is -0.731. The fourth-order valence-corrected chi connectivity index (χ4v) is 2.72. The van der Waals surface area contributed by atoms with Gasteiger partial charge in [-0.15, -0.1) is 0 Å². The number of esters is 1. The number of rotatable bonds is 6. The largest absolute Gasteiger partial charge is 0.497 e. The van der Waals surface area contributed by atoms with Gasteiger partial charge in [0, 0.05) is 19.8 Å². The molecule has 0 aliphatic carbocycles. The first-order chi connectivity index (χ1) is 13.8. The van der Waals surface area contributed by atoms with Crippen molar-refractivity contribution in [2.24, 2.45) is 14.1 Å². The van der Waals surface area contributed by atoms with Gasteiger partial charge in [-0.05, 0) is 24.3 Å². The van der Waals surface area contributed by atoms with Crippen molar-refractivity contribution >= 4 is 28.7 Å². The lowest BCUT2D eigenvalue weighted by molar-refractivity contribution is -0.147. The molecule has 1 aromatic carbocycles. The summed E-state index contributed by atoms with van der Waals surface area (Å²) in [5.74, 6) is -0.604. The summed E-state index contributed by atoms with van der Waals surface area (Å²) < 4.78 is 13.4. The van der Waals surface area contributed by atoms with Crippen LogP contribution < -0.4 is 21.3 Å². The third-order valence-corrected chi connectivity index (χ3v) is 4.25. The summed E-state index contributed by atoms with van der Waals surface area (Å²) in [5.41, 5.74) is -0.328. The number of anilines is 1. The fourth-order valence-electron chi connectivity index (χ4n) is 2.72. The molecule has 0 aliphatic rings. The average Bonchev–Trinajstić information content (AvgIpc) is 3.13. The van der Waals surface area contributed by atoms with E-state index in [1.807, 2.05) is 0 Å². The Kier molecular flexibility index (Phi) is 5.48. The molecular weight excluding hydrogens is 382 g/mol. The Morgan fingerprint density at radius 3 is 2.45 bits per heavy atom. The van der Waals surface area contributed by atoms with Crippen molar-refractivity contribution in [3.63, 3.8) is 0 Å². The van der Waals surface area contributed by atoms with Crippen molar-refractivity contribution in [3.05, 3.63) is 51.4 Å². The zero-order valence-corrected chi connectivity index (χ0v) is 16.0. The highest BCUT2D eigenvalue weighted by molar-refractivity contribution is 5.92. The Labute approximate surface area is 164 Å². The van der Waals surface area contributed by atoms with Crippen molar-refractivity contribution in [3.8, 4) is 5.75 Å². The van der Waals surface area contributed by atoms with Crippen LogP contribution in [0.3, 0.4) is 0 Å². The average molecular weight is 401 g/mol. The van der Waals surface area contributed by atoms with Crippen LogP contribution in [0, 0.1) is 0 Å². The number of carbonyl (C=O) groups excluding carboxylic acids is 2. The molecule has 11 heteroatoms. The van der Waals surface area contributed by atoms with Crippen LogP contribution >= 0.6 is 0 Å². The molecule has 0 radical (unpaired) electrons. The Morgan fingerprint density at radius 1 is 1.10 bits per heavy atom. The number of carbonyl (C=O) groups is 2. The van der Waals surface area contributed by atoms with E-state index in [2.05, 4.69) is 10.3 Å². The highest BCUT2D eigenvalue weighted by Crippen LogP contribution is 2.14. The summed E-state index contributed by atoms with van der Waals surface area (Å²) >= 11 is 0. The number of benzene rings is 1. The van der Waals surface area contributed by atoms with Crippen molar-refractivity contribution in [1.82, 2.24) is 18.7 Å². The van der Waals surface area contributed by atoms with E-state index >= 15 is 0 Å². The van der Waals surface area contributed by atoms with E-state index in [0.717, 1.165) is 4.57 Å². The number of aryl methyl sites for hydroxylation is 1. The standard InChI is InChI=1S/C18H19N5O6/c1-21-16-15(17(26)22(2)18(21)27)23(10-19-16)8-14(25)29-9-13(24)20-11-4-6-12(28-3)7-5-11/h4-7,10H,8-9H2,1-3H3,(H,20,24). The van der Waals surface area contributed by atoms with E-state index in [0.29, 0.717) is 11.4 Å². The monoisotopic (exact) mass is 401 g/mol. The Morgan fingerprint density at radius 2 is 1.79 bits per heavy atom. The number of ether oxygens (including phenoxy) is 2. The van der Waals surface area contributed by atoms with Gasteiger partial charge in [-0.1, -0.05) is 0 Å². The van der Waals surface area contributed by atoms with Crippen LogP contribution in [0.15, 0.2) is 40.2 Å². The molecule has 0 spiro atoms. The van der Waals surface area contributed by atoms with Crippen molar-refractivity contribution < 1.29 is 19.1 Å². The molecule has 1 N–H and O–H groups in total. The summed E-state index contributed by atoms with van der Waals surface area (Å²) in [5, 5.41) is 2.59. The molecule has 0 saturated heterocycles. The van der Waals surface area contributed by atoms with Crippen LogP contribution in [0.5, 0.6) is 5.75 Å². The van der Waals surface area contributed by atoms with Gasteiger partial charge >= 0.3 is 11.7 Å². The molecule has 3 rings (SSSR count). The van der Waals surface area contributed by atoms with E-state index in [1.165, 1.54) is 36.7 Å². The van der Waals surface area contributed by atoms with Gasteiger partial charge in [-0.25, -0.2) is 9.78 Å². The number of hydrogen-bond acceptors (Lipinski definition) is 7. The maximum Gasteiger partial charge on any atom is 0.332 e. The summed E-state index contributed by atoms with van der Waals surface area (Å²) in [7, 11) is 4.35. The number of methoxy groups -OCH3 is 1. The molecule has 0 fully saturated rings. The molecule has 0 unspecified atom stereocenters. The molecule has 2 aromatic heterocycles. The van der Waals surface area contributed by atoms with Crippen LogP contribution in [0.4, 0.5) is 5.69 Å². The highest BCUT2D eigenvalue weighted by atomic mass is 16.5. The molecule has 0 aliphatic heterocycles. The first-order valence-electron chi connectivity index (χ1n) is 8.52. The quantitative estimate of drug-likeness (QED) is 0.558. The molecule has 152 valence electrons. The van der Waals surface area contributed by atoms with Crippen LogP contribution in [0.25, 0.3) is 11.2 Å². The third-order valence-electron chi connectivity index (χ3n) is 4.25. The summed E-state index contributed by atoms with van der Waals surface area (Å²) in [4.78, 5) is 52.3. The van der Waals surface area contributed by atoms with Gasteiger partial charge < -0.3 is 19.4 Å². The third kappa shape index (κ3) is 4.03. The minimum absolute atomic E-state index is 0.0919. The summed E-state index contributed by atoms with van der Waals surface area (Å²) in [6.07, 6.45) is 1.27. The molecule has 3 aromatic rings. The molecule has 1 amide bonds. The molecule has 0 saturated carbocycles. The Bertz CT molecular complexity index is 1190. The maximum absolute atomic E-state index is 12.3. The normalized spacial score (nSPS) is 10.7. The zero-order valence-electron chi connectivity index (χ0n) is 16.0. The highest BCUT2D eigenvalue weighted by Gasteiger charge is 2.17. The molecule has 29 heavy (non-hydrogen) atoms. The van der Waals surface area contributed by atoms with Crippen molar-refractivity contribution in [2.75, 3.05) is 19.0 Å². The first kappa shape index (κ1) is 19.9. The smallest absolute Gasteiger partial charge is 0.332 e. The van der Waals surface area contributed by atoms with Gasteiger partial charge in [0.05, 0.1) is 13.4 Å². The Hall–Kier alpha value is -3.89. The molecule has 0 atom stereocenters. The predicted octanol–water partition coefficient (Wildman–Crippen LogP) is -0.376. The van der Waals surface area contributed by atoms with Crippen LogP contribution in [0.2, 0.25) is 0 Å². The van der Waals surface area contributed by atoms with Crippen LogP contribution in [-0.2, 0) is 35.0 Å². The van der Waals surface area contributed by atoms with E-state index in [9.17, 15) is 19.2 Å². The SMILES string of the molecule is COc1ccc(NC(=O)COC(=O)Cn2cnc3c2c(=O)n(C)c(=O)n3C)cc1. The van der Waals surface area contributed by atoms with E-state index < -0.39 is 29.7 Å². The van der Waals surface area contributed by atoms with Gasteiger partial charge in [-0.3, -0.25) is 23.5 Å².